The van der Waals surface area contributed by atoms with E-state index in [0.717, 1.165) is 5.56 Å². The lowest BCUT2D eigenvalue weighted by atomic mass is 10.2. The van der Waals surface area contributed by atoms with E-state index < -0.39 is 29.8 Å². The Hall–Kier alpha value is -2.95. The SMILES string of the molecule is COC[C@H](NCc1oc(=O)oc1C)C(=O)N[C@@H](COC)C(=O)OCc1ccccc1. The van der Waals surface area contributed by atoms with E-state index in [4.69, 9.17) is 23.0 Å². The van der Waals surface area contributed by atoms with E-state index in [1.54, 1.807) is 6.92 Å². The van der Waals surface area contributed by atoms with Gasteiger partial charge < -0.3 is 28.4 Å². The minimum atomic E-state index is -0.999. The molecule has 2 rings (SSSR count). The summed E-state index contributed by atoms with van der Waals surface area (Å²) in [6, 6.07) is 7.36. The van der Waals surface area contributed by atoms with Gasteiger partial charge in [0.2, 0.25) is 5.91 Å². The normalized spacial score (nSPS) is 12.9. The highest BCUT2D eigenvalue weighted by Crippen LogP contribution is 2.06. The van der Waals surface area contributed by atoms with Crippen LogP contribution in [0, 0.1) is 6.92 Å². The minimum Gasteiger partial charge on any atom is -0.459 e. The molecule has 0 aliphatic heterocycles. The molecule has 0 aliphatic carbocycles. The molecule has 2 atom stereocenters. The summed E-state index contributed by atoms with van der Waals surface area (Å²) in [7, 11) is 2.85. The Morgan fingerprint density at radius 3 is 2.30 bits per heavy atom. The molecule has 164 valence electrons. The van der Waals surface area contributed by atoms with Crippen molar-refractivity contribution in [2.75, 3.05) is 27.4 Å². The maximum absolute atomic E-state index is 12.7. The summed E-state index contributed by atoms with van der Waals surface area (Å²) >= 11 is 0. The van der Waals surface area contributed by atoms with Crippen LogP contribution in [0.15, 0.2) is 44.0 Å². The number of hydrogen-bond acceptors (Lipinski definition) is 9. The second-order valence-corrected chi connectivity index (χ2v) is 6.43. The Labute approximate surface area is 173 Å². The molecule has 0 fully saturated rings. The van der Waals surface area contributed by atoms with Gasteiger partial charge in [-0.15, -0.1) is 0 Å². The number of amides is 1. The van der Waals surface area contributed by atoms with Gasteiger partial charge in [-0.25, -0.2) is 9.59 Å². The van der Waals surface area contributed by atoms with Crippen molar-refractivity contribution < 1.29 is 32.6 Å². The van der Waals surface area contributed by atoms with Crippen molar-refractivity contribution in [2.24, 2.45) is 0 Å². The molecule has 2 N–H and O–H groups in total. The number of aryl methyl sites for hydroxylation is 1. The predicted molar refractivity (Wildman–Crippen MR) is 105 cm³/mol. The van der Waals surface area contributed by atoms with Crippen LogP contribution >= 0.6 is 0 Å². The standard InChI is InChI=1S/C20H26N2O8/c1-13-17(30-20(25)29-13)9-21-15(11-26-2)18(23)22-16(12-27-3)19(24)28-10-14-7-5-4-6-8-14/h4-8,15-16,21H,9-12H2,1-3H3,(H,22,23)/t15-,16-/m0/s1. The zero-order chi connectivity index (χ0) is 21.9. The van der Waals surface area contributed by atoms with Crippen LogP contribution in [0.3, 0.4) is 0 Å². The van der Waals surface area contributed by atoms with E-state index in [2.05, 4.69) is 10.6 Å². The van der Waals surface area contributed by atoms with E-state index in [1.165, 1.54) is 14.2 Å². The maximum Gasteiger partial charge on any atom is 0.519 e. The Morgan fingerprint density at radius 2 is 1.70 bits per heavy atom. The highest BCUT2D eigenvalue weighted by atomic mass is 16.6. The molecule has 10 heteroatoms. The number of esters is 1. The van der Waals surface area contributed by atoms with Crippen LogP contribution in [0.25, 0.3) is 0 Å². The lowest BCUT2D eigenvalue weighted by molar-refractivity contribution is -0.151. The van der Waals surface area contributed by atoms with Gasteiger partial charge in [0.05, 0.1) is 19.8 Å². The molecule has 30 heavy (non-hydrogen) atoms. The zero-order valence-electron chi connectivity index (χ0n) is 17.1. The summed E-state index contributed by atoms with van der Waals surface area (Å²) in [5, 5.41) is 5.51. The molecule has 1 amide bonds. The van der Waals surface area contributed by atoms with Crippen molar-refractivity contribution in [3.05, 3.63) is 58.0 Å². The van der Waals surface area contributed by atoms with E-state index in [-0.39, 0.29) is 32.1 Å². The molecule has 0 unspecified atom stereocenters. The van der Waals surface area contributed by atoms with Crippen molar-refractivity contribution in [3.8, 4) is 0 Å². The first-order valence-electron chi connectivity index (χ1n) is 9.26. The highest BCUT2D eigenvalue weighted by Gasteiger charge is 2.27. The van der Waals surface area contributed by atoms with E-state index in [1.807, 2.05) is 30.3 Å². The lowest BCUT2D eigenvalue weighted by Crippen LogP contribution is -2.53. The van der Waals surface area contributed by atoms with Gasteiger partial charge in [-0.3, -0.25) is 10.1 Å². The molecule has 1 heterocycles. The Kier molecular flexibility index (Phi) is 9.26. The molecule has 0 saturated heterocycles. The molecule has 2 aromatic rings. The van der Waals surface area contributed by atoms with Crippen LogP contribution in [0.5, 0.6) is 0 Å². The highest BCUT2D eigenvalue weighted by molar-refractivity contribution is 5.87. The van der Waals surface area contributed by atoms with Crippen LogP contribution in [-0.4, -0.2) is 51.4 Å². The van der Waals surface area contributed by atoms with Crippen LogP contribution in [0.4, 0.5) is 0 Å². The molecule has 0 radical (unpaired) electrons. The number of carbonyl (C=O) groups is 2. The van der Waals surface area contributed by atoms with Gasteiger partial charge in [-0.05, 0) is 12.5 Å². The average molecular weight is 422 g/mol. The number of hydrogen-bond donors (Lipinski definition) is 2. The number of benzene rings is 1. The summed E-state index contributed by atoms with van der Waals surface area (Å²) in [6.07, 6.45) is 0. The fourth-order valence-electron chi connectivity index (χ4n) is 2.58. The quantitative estimate of drug-likeness (QED) is 0.470. The summed E-state index contributed by atoms with van der Waals surface area (Å²) in [5.41, 5.74) is 0.823. The second-order valence-electron chi connectivity index (χ2n) is 6.43. The van der Waals surface area contributed by atoms with Crippen molar-refractivity contribution in [1.29, 1.82) is 0 Å². The molecular weight excluding hydrogens is 396 g/mol. The van der Waals surface area contributed by atoms with Gasteiger partial charge >= 0.3 is 11.8 Å². The molecule has 10 nitrogen and oxygen atoms in total. The number of rotatable bonds is 12. The van der Waals surface area contributed by atoms with E-state index in [0.29, 0.717) is 5.76 Å². The average Bonchev–Trinajstić information content (AvgIpc) is 3.06. The van der Waals surface area contributed by atoms with Gasteiger partial charge in [0, 0.05) is 14.2 Å². The number of methoxy groups -OCH3 is 2. The zero-order valence-corrected chi connectivity index (χ0v) is 17.1. The van der Waals surface area contributed by atoms with Gasteiger partial charge in [0.25, 0.3) is 0 Å². The summed E-state index contributed by atoms with van der Waals surface area (Å²) < 4.78 is 25.1. The van der Waals surface area contributed by atoms with E-state index >= 15 is 0 Å². The fraction of sp³-hybridized carbons (Fsp3) is 0.450. The summed E-state index contributed by atoms with van der Waals surface area (Å²) in [5.74, 6) is -1.37. The molecule has 0 aliphatic rings. The van der Waals surface area contributed by atoms with Crippen LogP contribution in [0.2, 0.25) is 0 Å². The van der Waals surface area contributed by atoms with Gasteiger partial charge in [-0.2, -0.15) is 0 Å². The molecule has 0 saturated carbocycles. The third kappa shape index (κ3) is 7.14. The van der Waals surface area contributed by atoms with Crippen molar-refractivity contribution >= 4 is 11.9 Å². The third-order valence-electron chi connectivity index (χ3n) is 4.15. The minimum absolute atomic E-state index is 0.0196. The molecule has 1 aromatic heterocycles. The summed E-state index contributed by atoms with van der Waals surface area (Å²) in [6.45, 7) is 1.67. The molecule has 0 spiro atoms. The third-order valence-corrected chi connectivity index (χ3v) is 4.15. The van der Waals surface area contributed by atoms with Crippen LogP contribution in [0.1, 0.15) is 17.1 Å². The number of nitrogens with one attached hydrogen (secondary N) is 2. The predicted octanol–water partition coefficient (Wildman–Crippen LogP) is 0.520. The first-order chi connectivity index (χ1) is 14.4. The Morgan fingerprint density at radius 1 is 1.03 bits per heavy atom. The van der Waals surface area contributed by atoms with Crippen LogP contribution < -0.4 is 16.5 Å². The topological polar surface area (TPSA) is 129 Å². The molecule has 0 bridgehead atoms. The number of carbonyl (C=O) groups excluding carboxylic acids is 2. The van der Waals surface area contributed by atoms with Crippen LogP contribution in [-0.2, 0) is 37.0 Å². The Bertz CT molecular complexity index is 861. The fourth-order valence-corrected chi connectivity index (χ4v) is 2.58. The van der Waals surface area contributed by atoms with Crippen molar-refractivity contribution in [3.63, 3.8) is 0 Å². The lowest BCUT2D eigenvalue weighted by Gasteiger charge is -2.21. The monoisotopic (exact) mass is 422 g/mol. The van der Waals surface area contributed by atoms with Gasteiger partial charge in [0.1, 0.15) is 18.4 Å². The first-order valence-corrected chi connectivity index (χ1v) is 9.26. The maximum atomic E-state index is 12.7. The van der Waals surface area contributed by atoms with E-state index in [9.17, 15) is 14.4 Å². The smallest absolute Gasteiger partial charge is 0.459 e. The Balaban J connectivity index is 1.95. The molecular formula is C20H26N2O8. The van der Waals surface area contributed by atoms with Crippen molar-refractivity contribution in [2.45, 2.75) is 32.2 Å². The van der Waals surface area contributed by atoms with Gasteiger partial charge in [-0.1, -0.05) is 30.3 Å². The summed E-state index contributed by atoms with van der Waals surface area (Å²) in [4.78, 5) is 36.2. The largest absolute Gasteiger partial charge is 0.519 e. The second kappa shape index (κ2) is 11.9. The first kappa shape index (κ1) is 23.3. The number of ether oxygens (including phenoxy) is 3. The van der Waals surface area contributed by atoms with Crippen molar-refractivity contribution in [1.82, 2.24) is 10.6 Å². The molecule has 1 aromatic carbocycles. The van der Waals surface area contributed by atoms with Gasteiger partial charge in [0.15, 0.2) is 11.8 Å².